The molecule has 0 saturated heterocycles. The number of unbranched alkanes of at least 4 members (excludes halogenated alkanes) is 18. The smallest absolute Gasteiger partial charge is 0.312 e. The van der Waals surface area contributed by atoms with E-state index in [9.17, 15) is 19.2 Å². The number of ketones is 1. The average molecular weight is 719 g/mol. The molecule has 4 aliphatic rings. The maximum absolute atomic E-state index is 11.9. The number of rotatable bonds is 31. The van der Waals surface area contributed by atoms with Crippen LogP contribution in [-0.4, -0.2) is 40.5 Å². The van der Waals surface area contributed by atoms with Gasteiger partial charge in [0.25, 0.3) is 0 Å². The van der Waals surface area contributed by atoms with E-state index in [1.807, 2.05) is 6.92 Å². The second-order valence-electron chi connectivity index (χ2n) is 17.1. The quantitative estimate of drug-likeness (QED) is 0.0541. The van der Waals surface area contributed by atoms with Crippen molar-refractivity contribution in [2.45, 2.75) is 227 Å². The fraction of sp³-hybridized carbons (Fsp3) is 0.909. The lowest BCUT2D eigenvalue weighted by atomic mass is 9.94. The summed E-state index contributed by atoms with van der Waals surface area (Å²) in [4.78, 5) is 45.6. The fourth-order valence-electron chi connectivity index (χ4n) is 8.05. The van der Waals surface area contributed by atoms with E-state index in [0.717, 1.165) is 89.9 Å². The van der Waals surface area contributed by atoms with Crippen LogP contribution in [0.1, 0.15) is 227 Å². The van der Waals surface area contributed by atoms with Gasteiger partial charge in [-0.2, -0.15) is 0 Å². The van der Waals surface area contributed by atoms with Crippen LogP contribution in [0.4, 0.5) is 0 Å². The monoisotopic (exact) mass is 719 g/mol. The molecule has 4 rings (SSSR count). The third kappa shape index (κ3) is 16.3. The Hall–Kier alpha value is -1.92. The molecule has 0 aromatic rings. The molecule has 296 valence electrons. The zero-order valence-corrected chi connectivity index (χ0v) is 32.3. The molecule has 0 radical (unpaired) electrons. The van der Waals surface area contributed by atoms with Crippen molar-refractivity contribution in [3.8, 4) is 0 Å². The van der Waals surface area contributed by atoms with Crippen molar-refractivity contribution in [1.82, 2.24) is 0 Å². The number of esters is 1. The summed E-state index contributed by atoms with van der Waals surface area (Å²) in [5, 5.41) is 18.2. The number of hydrogen-bond donors (Lipinski definition) is 2. The molecule has 0 aromatic carbocycles. The van der Waals surface area contributed by atoms with Crippen LogP contribution < -0.4 is 0 Å². The molecule has 0 aromatic heterocycles. The lowest BCUT2D eigenvalue weighted by molar-refractivity contribution is -0.150. The van der Waals surface area contributed by atoms with Crippen molar-refractivity contribution in [3.05, 3.63) is 0 Å². The van der Waals surface area contributed by atoms with Crippen LogP contribution in [0.3, 0.4) is 0 Å². The predicted octanol–water partition coefficient (Wildman–Crippen LogP) is 12.4. The van der Waals surface area contributed by atoms with Gasteiger partial charge in [-0.25, -0.2) is 0 Å². The molecule has 4 aliphatic carbocycles. The van der Waals surface area contributed by atoms with Gasteiger partial charge < -0.3 is 14.9 Å². The number of carboxylic acids is 2. The first-order valence-electron chi connectivity index (χ1n) is 21.2. The Balaban J connectivity index is 0.000000348. The lowest BCUT2D eigenvalue weighted by Crippen LogP contribution is -2.18. The maximum atomic E-state index is 11.9. The molecular weight excluding hydrogens is 640 g/mol. The molecule has 0 spiro atoms. The van der Waals surface area contributed by atoms with Gasteiger partial charge in [-0.1, -0.05) is 136 Å². The van der Waals surface area contributed by atoms with E-state index < -0.39 is 11.9 Å². The molecule has 2 N–H and O–H groups in total. The molecule has 7 nitrogen and oxygen atoms in total. The van der Waals surface area contributed by atoms with Crippen molar-refractivity contribution in [2.24, 2.45) is 21.7 Å². The second kappa shape index (κ2) is 23.0. The number of ether oxygens (including phenoxy) is 1. The average Bonchev–Trinajstić information content (AvgIpc) is 3.89. The minimum atomic E-state index is -0.585. The molecule has 0 aliphatic heterocycles. The largest absolute Gasteiger partial charge is 0.481 e. The molecule has 7 heteroatoms. The zero-order valence-electron chi connectivity index (χ0n) is 32.3. The third-order valence-electron chi connectivity index (χ3n) is 12.9. The molecule has 0 amide bonds. The predicted molar refractivity (Wildman–Crippen MR) is 207 cm³/mol. The van der Waals surface area contributed by atoms with Gasteiger partial charge in [0.05, 0.1) is 22.9 Å². The first-order chi connectivity index (χ1) is 24.1. The Morgan fingerprint density at radius 3 is 0.882 bits per heavy atom. The highest BCUT2D eigenvalue weighted by Crippen LogP contribution is 2.52. The van der Waals surface area contributed by atoms with Gasteiger partial charge in [-0.3, -0.25) is 19.2 Å². The number of carbonyl (C=O) groups excluding carboxylic acids is 2. The highest BCUT2D eigenvalue weighted by Gasteiger charge is 2.51. The second-order valence-corrected chi connectivity index (χ2v) is 17.1. The minimum absolute atomic E-state index is 0. The summed E-state index contributed by atoms with van der Waals surface area (Å²) < 4.78 is 5.20. The van der Waals surface area contributed by atoms with Crippen LogP contribution in [0.2, 0.25) is 0 Å². The van der Waals surface area contributed by atoms with Gasteiger partial charge in [0.2, 0.25) is 0 Å². The first kappa shape index (κ1) is 45.2. The van der Waals surface area contributed by atoms with Gasteiger partial charge >= 0.3 is 17.9 Å². The minimum Gasteiger partial charge on any atom is -0.481 e. The molecule has 51 heavy (non-hydrogen) atoms. The summed E-state index contributed by atoms with van der Waals surface area (Å²) >= 11 is 0. The number of Topliss-reactive ketones (excluding diaryl/α,β-unsaturated/α-hetero) is 1. The van der Waals surface area contributed by atoms with Crippen LogP contribution in [-0.2, 0) is 23.9 Å². The molecular formula is C44H78O7. The molecule has 0 heterocycles. The normalized spacial score (nSPS) is 19.1. The number of carbonyl (C=O) groups is 4. The summed E-state index contributed by atoms with van der Waals surface area (Å²) in [5.41, 5.74) is -0.636. The fourth-order valence-corrected chi connectivity index (χ4v) is 8.05. The molecule has 0 unspecified atom stereocenters. The van der Waals surface area contributed by atoms with Crippen LogP contribution in [0.15, 0.2) is 0 Å². The summed E-state index contributed by atoms with van der Waals surface area (Å²) in [7, 11) is 0. The van der Waals surface area contributed by atoms with Gasteiger partial charge in [-0.05, 0) is 90.9 Å². The summed E-state index contributed by atoms with van der Waals surface area (Å²) in [5.74, 6) is -0.694. The Labute approximate surface area is 312 Å². The van der Waals surface area contributed by atoms with E-state index in [2.05, 4.69) is 0 Å². The van der Waals surface area contributed by atoms with Crippen LogP contribution in [0, 0.1) is 21.7 Å². The van der Waals surface area contributed by atoms with E-state index in [-0.39, 0.29) is 35.1 Å². The van der Waals surface area contributed by atoms with Gasteiger partial charge in [0.1, 0.15) is 5.78 Å². The van der Waals surface area contributed by atoms with E-state index in [1.54, 1.807) is 6.92 Å². The highest BCUT2D eigenvalue weighted by molar-refractivity contribution is 5.85. The Bertz CT molecular complexity index is 992. The Morgan fingerprint density at radius 1 is 0.431 bits per heavy atom. The van der Waals surface area contributed by atoms with E-state index in [0.29, 0.717) is 12.4 Å². The summed E-state index contributed by atoms with van der Waals surface area (Å²) in [6.45, 7) is 4.18. The third-order valence-corrected chi connectivity index (χ3v) is 12.9. The van der Waals surface area contributed by atoms with E-state index in [4.69, 9.17) is 14.9 Å². The van der Waals surface area contributed by atoms with Crippen molar-refractivity contribution >= 4 is 23.7 Å². The van der Waals surface area contributed by atoms with Gasteiger partial charge in [0.15, 0.2) is 0 Å². The topological polar surface area (TPSA) is 118 Å². The first-order valence-corrected chi connectivity index (χ1v) is 21.2. The SMILES string of the molecule is C.CCOC(=O)C1(CCCCCCCCCCCCC2(C(C)=O)CC2)CC1.O=C(O)C1(CCCCCCCCCCCCC2(C(=O)O)CC2)CC1. The summed E-state index contributed by atoms with van der Waals surface area (Å²) in [6, 6.07) is 0. The van der Waals surface area contributed by atoms with Gasteiger partial charge in [0, 0.05) is 5.41 Å². The standard InChI is InChI=1S/C23H40O3.C20H34O4.CH4/c1-3-26-21(25)23(18-19-23)15-13-11-9-7-5-4-6-8-10-12-14-22(16-17-22)20(2)24;21-17(22)19(13-14-19)11-9-7-5-3-1-2-4-6-8-10-12-20(15-16-20)18(23)24;/h3-19H2,1-2H3;1-16H2,(H,21,22)(H,23,24);1H4. The highest BCUT2D eigenvalue weighted by atomic mass is 16.5. The Kier molecular flexibility index (Phi) is 20.4. The Morgan fingerprint density at radius 2 is 0.667 bits per heavy atom. The molecule has 4 saturated carbocycles. The zero-order chi connectivity index (χ0) is 36.4. The lowest BCUT2D eigenvalue weighted by Gasteiger charge is -2.13. The van der Waals surface area contributed by atoms with Crippen LogP contribution >= 0.6 is 0 Å². The van der Waals surface area contributed by atoms with Crippen molar-refractivity contribution in [2.75, 3.05) is 6.61 Å². The van der Waals surface area contributed by atoms with Crippen LogP contribution in [0.25, 0.3) is 0 Å². The maximum Gasteiger partial charge on any atom is 0.312 e. The van der Waals surface area contributed by atoms with Gasteiger partial charge in [-0.15, -0.1) is 0 Å². The van der Waals surface area contributed by atoms with Crippen LogP contribution in [0.5, 0.6) is 0 Å². The van der Waals surface area contributed by atoms with Crippen molar-refractivity contribution in [1.29, 1.82) is 0 Å². The molecule has 4 fully saturated rings. The number of aliphatic carboxylic acids is 2. The molecule has 0 atom stereocenters. The van der Waals surface area contributed by atoms with E-state index >= 15 is 0 Å². The molecule has 0 bridgehead atoms. The van der Waals surface area contributed by atoms with Crippen molar-refractivity contribution in [3.63, 3.8) is 0 Å². The summed E-state index contributed by atoms with van der Waals surface area (Å²) in [6.07, 6.45) is 36.8. The number of carboxylic acid groups (broad SMARTS) is 2. The van der Waals surface area contributed by atoms with E-state index in [1.165, 1.54) is 116 Å². The number of hydrogen-bond acceptors (Lipinski definition) is 5. The van der Waals surface area contributed by atoms with Crippen molar-refractivity contribution < 1.29 is 34.1 Å².